The molecule has 1 aromatic carbocycles. The van der Waals surface area contributed by atoms with Crippen molar-refractivity contribution in [1.29, 1.82) is 5.26 Å². The fraction of sp³-hybridized carbons (Fsp3) is 0.375. The molecule has 0 saturated carbocycles. The quantitative estimate of drug-likeness (QED) is 0.651. The van der Waals surface area contributed by atoms with Crippen molar-refractivity contribution in [3.05, 3.63) is 39.4 Å². The number of morpholine rings is 1. The lowest BCUT2D eigenvalue weighted by molar-refractivity contribution is -0.117. The predicted molar refractivity (Wildman–Crippen MR) is 90.3 cm³/mol. The van der Waals surface area contributed by atoms with E-state index in [0.717, 1.165) is 19.6 Å². The first-order valence-corrected chi connectivity index (χ1v) is 8.01. The lowest BCUT2D eigenvalue weighted by Crippen LogP contribution is -2.41. The smallest absolute Gasteiger partial charge is 0.261 e. The Bertz CT molecular complexity index is 635. The van der Waals surface area contributed by atoms with Crippen LogP contribution in [0.1, 0.15) is 5.56 Å². The lowest BCUT2D eigenvalue weighted by atomic mass is 10.1. The van der Waals surface area contributed by atoms with Crippen LogP contribution in [0.15, 0.2) is 23.8 Å². The number of amides is 1. The van der Waals surface area contributed by atoms with Crippen LogP contribution in [0.2, 0.25) is 10.0 Å². The van der Waals surface area contributed by atoms with E-state index in [4.69, 9.17) is 33.2 Å². The van der Waals surface area contributed by atoms with Gasteiger partial charge >= 0.3 is 0 Å². The van der Waals surface area contributed by atoms with Crippen LogP contribution < -0.4 is 5.32 Å². The number of halogens is 2. The SMILES string of the molecule is N#C/C(=C\c1ccc(Cl)c(Cl)c1)C(=O)NCCN1CCOCC1. The van der Waals surface area contributed by atoms with Gasteiger partial charge in [-0.1, -0.05) is 29.3 Å². The highest BCUT2D eigenvalue weighted by atomic mass is 35.5. The van der Waals surface area contributed by atoms with E-state index in [1.54, 1.807) is 18.2 Å². The van der Waals surface area contributed by atoms with Gasteiger partial charge in [0.15, 0.2) is 0 Å². The molecule has 0 aliphatic carbocycles. The normalized spacial score (nSPS) is 16.0. The van der Waals surface area contributed by atoms with Gasteiger partial charge in [0.25, 0.3) is 5.91 Å². The number of nitrogens with zero attached hydrogens (tertiary/aromatic N) is 2. The minimum Gasteiger partial charge on any atom is -0.379 e. The van der Waals surface area contributed by atoms with E-state index >= 15 is 0 Å². The number of hydrogen-bond acceptors (Lipinski definition) is 4. The van der Waals surface area contributed by atoms with E-state index in [-0.39, 0.29) is 5.57 Å². The molecule has 0 bridgehead atoms. The van der Waals surface area contributed by atoms with Gasteiger partial charge in [-0.3, -0.25) is 9.69 Å². The Kier molecular flexibility index (Phi) is 6.87. The Balaban J connectivity index is 1.91. The number of hydrogen-bond donors (Lipinski definition) is 1. The van der Waals surface area contributed by atoms with Crippen molar-refractivity contribution in [2.75, 3.05) is 39.4 Å². The molecule has 1 saturated heterocycles. The molecule has 1 aliphatic rings. The van der Waals surface area contributed by atoms with Gasteiger partial charge in [-0.25, -0.2) is 0 Å². The molecule has 0 atom stereocenters. The fourth-order valence-electron chi connectivity index (χ4n) is 2.16. The highest BCUT2D eigenvalue weighted by molar-refractivity contribution is 6.42. The van der Waals surface area contributed by atoms with Crippen LogP contribution in [0, 0.1) is 11.3 Å². The summed E-state index contributed by atoms with van der Waals surface area (Å²) in [6.07, 6.45) is 1.49. The van der Waals surface area contributed by atoms with E-state index in [1.807, 2.05) is 6.07 Å². The first-order chi connectivity index (χ1) is 11.1. The van der Waals surface area contributed by atoms with Crippen LogP contribution in [0.5, 0.6) is 0 Å². The van der Waals surface area contributed by atoms with Crippen LogP contribution in [-0.2, 0) is 9.53 Å². The summed E-state index contributed by atoms with van der Waals surface area (Å²) in [4.78, 5) is 14.3. The zero-order valence-corrected chi connectivity index (χ0v) is 14.0. The number of carbonyl (C=O) groups excluding carboxylic acids is 1. The van der Waals surface area contributed by atoms with Crippen molar-refractivity contribution in [1.82, 2.24) is 10.2 Å². The molecule has 1 fully saturated rings. The highest BCUT2D eigenvalue weighted by Crippen LogP contribution is 2.23. The molecule has 0 spiro atoms. The molecular weight excluding hydrogens is 337 g/mol. The van der Waals surface area contributed by atoms with Gasteiger partial charge in [0.2, 0.25) is 0 Å². The molecule has 0 aromatic heterocycles. The maximum absolute atomic E-state index is 12.1. The van der Waals surface area contributed by atoms with Crippen molar-refractivity contribution in [3.8, 4) is 6.07 Å². The molecule has 23 heavy (non-hydrogen) atoms. The van der Waals surface area contributed by atoms with Crippen molar-refractivity contribution in [3.63, 3.8) is 0 Å². The molecule has 7 heteroatoms. The third-order valence-corrected chi connectivity index (χ3v) is 4.18. The van der Waals surface area contributed by atoms with Crippen molar-refractivity contribution in [2.24, 2.45) is 0 Å². The molecule has 1 amide bonds. The lowest BCUT2D eigenvalue weighted by Gasteiger charge is -2.26. The van der Waals surface area contributed by atoms with E-state index < -0.39 is 5.91 Å². The largest absolute Gasteiger partial charge is 0.379 e. The standard InChI is InChI=1S/C16H17Cl2N3O2/c17-14-2-1-12(10-15(14)18)9-13(11-19)16(22)20-3-4-21-5-7-23-8-6-21/h1-2,9-10H,3-8H2,(H,20,22)/b13-9+. The second-order valence-electron chi connectivity index (χ2n) is 5.05. The summed E-state index contributed by atoms with van der Waals surface area (Å²) in [5, 5.41) is 12.7. The molecule has 1 N–H and O–H groups in total. The summed E-state index contributed by atoms with van der Waals surface area (Å²) in [7, 11) is 0. The minimum atomic E-state index is -0.396. The Morgan fingerprint density at radius 1 is 1.35 bits per heavy atom. The molecule has 1 aliphatic heterocycles. The molecule has 1 heterocycles. The third-order valence-electron chi connectivity index (χ3n) is 3.44. The monoisotopic (exact) mass is 353 g/mol. The molecule has 5 nitrogen and oxygen atoms in total. The highest BCUT2D eigenvalue weighted by Gasteiger charge is 2.12. The molecule has 0 radical (unpaired) electrons. The number of ether oxygens (including phenoxy) is 1. The molecular formula is C16H17Cl2N3O2. The Morgan fingerprint density at radius 2 is 2.09 bits per heavy atom. The van der Waals surface area contributed by atoms with Crippen molar-refractivity contribution < 1.29 is 9.53 Å². The van der Waals surface area contributed by atoms with Crippen molar-refractivity contribution in [2.45, 2.75) is 0 Å². The van der Waals surface area contributed by atoms with Gasteiger partial charge in [0.1, 0.15) is 11.6 Å². The van der Waals surface area contributed by atoms with Crippen LogP contribution >= 0.6 is 23.2 Å². The van der Waals surface area contributed by atoms with E-state index in [2.05, 4.69) is 10.2 Å². The van der Waals surface area contributed by atoms with Crippen LogP contribution in [-0.4, -0.2) is 50.2 Å². The molecule has 2 rings (SSSR count). The fourth-order valence-corrected chi connectivity index (χ4v) is 2.47. The predicted octanol–water partition coefficient (Wildman–Crippen LogP) is 2.35. The van der Waals surface area contributed by atoms with Crippen molar-refractivity contribution >= 4 is 35.2 Å². The zero-order valence-electron chi connectivity index (χ0n) is 12.5. The van der Waals surface area contributed by atoms with E-state index in [1.165, 1.54) is 6.08 Å². The molecule has 122 valence electrons. The van der Waals surface area contributed by atoms with Gasteiger partial charge in [-0.05, 0) is 23.8 Å². The summed E-state index contributed by atoms with van der Waals surface area (Å²) in [6, 6.07) is 6.85. The molecule has 1 aromatic rings. The van der Waals surface area contributed by atoms with Gasteiger partial charge in [-0.2, -0.15) is 5.26 Å². The summed E-state index contributed by atoms with van der Waals surface area (Å²) < 4.78 is 5.27. The second kappa shape index (κ2) is 8.90. The van der Waals surface area contributed by atoms with Crippen LogP contribution in [0.25, 0.3) is 6.08 Å². The average Bonchev–Trinajstić information content (AvgIpc) is 2.56. The second-order valence-corrected chi connectivity index (χ2v) is 5.87. The Morgan fingerprint density at radius 3 is 2.74 bits per heavy atom. The minimum absolute atomic E-state index is 0.0327. The summed E-state index contributed by atoms with van der Waals surface area (Å²) in [5.74, 6) is -0.396. The van der Waals surface area contributed by atoms with E-state index in [0.29, 0.717) is 35.4 Å². The Hall–Kier alpha value is -1.58. The summed E-state index contributed by atoms with van der Waals surface area (Å²) in [6.45, 7) is 4.38. The van der Waals surface area contributed by atoms with E-state index in [9.17, 15) is 4.79 Å². The maximum atomic E-state index is 12.1. The van der Waals surface area contributed by atoms with Gasteiger partial charge in [0, 0.05) is 26.2 Å². The first kappa shape index (κ1) is 17.8. The molecule has 0 unspecified atom stereocenters. The number of carbonyl (C=O) groups is 1. The topological polar surface area (TPSA) is 65.4 Å². The zero-order chi connectivity index (χ0) is 16.7. The van der Waals surface area contributed by atoms with Gasteiger partial charge < -0.3 is 10.1 Å². The number of benzene rings is 1. The van der Waals surface area contributed by atoms with Crippen LogP contribution in [0.4, 0.5) is 0 Å². The third kappa shape index (κ3) is 5.52. The number of nitrogens with one attached hydrogen (secondary N) is 1. The Labute approximate surface area is 145 Å². The number of nitriles is 1. The van der Waals surface area contributed by atoms with Gasteiger partial charge in [-0.15, -0.1) is 0 Å². The average molecular weight is 354 g/mol. The first-order valence-electron chi connectivity index (χ1n) is 7.25. The summed E-state index contributed by atoms with van der Waals surface area (Å²) >= 11 is 11.8. The van der Waals surface area contributed by atoms with Gasteiger partial charge in [0.05, 0.1) is 23.3 Å². The maximum Gasteiger partial charge on any atom is 0.261 e. The number of rotatable bonds is 5. The summed E-state index contributed by atoms with van der Waals surface area (Å²) in [5.41, 5.74) is 0.685. The van der Waals surface area contributed by atoms with Crippen LogP contribution in [0.3, 0.4) is 0 Å².